The summed E-state index contributed by atoms with van der Waals surface area (Å²) in [6, 6.07) is -0.863. The van der Waals surface area contributed by atoms with Gasteiger partial charge in [-0.1, -0.05) is 0 Å². The predicted octanol–water partition coefficient (Wildman–Crippen LogP) is 2.16. The van der Waals surface area contributed by atoms with Crippen molar-refractivity contribution in [3.63, 3.8) is 0 Å². The number of nitrogens with zero attached hydrogens (tertiary/aromatic N) is 2. The van der Waals surface area contributed by atoms with E-state index in [4.69, 9.17) is 4.74 Å². The van der Waals surface area contributed by atoms with E-state index in [0.717, 1.165) is 0 Å². The fourth-order valence-electron chi connectivity index (χ4n) is 2.41. The SMILES string of the molecule is COc1cnn(C2CC(O)CCC2C(F)(F)F)c1. The van der Waals surface area contributed by atoms with Crippen molar-refractivity contribution in [1.29, 1.82) is 0 Å². The summed E-state index contributed by atoms with van der Waals surface area (Å²) in [6.07, 6.45) is -2.00. The highest BCUT2D eigenvalue weighted by atomic mass is 19.4. The van der Waals surface area contributed by atoms with Gasteiger partial charge in [-0.25, -0.2) is 0 Å². The summed E-state index contributed by atoms with van der Waals surface area (Å²) in [5, 5.41) is 13.4. The first-order chi connectivity index (χ1) is 8.41. The average molecular weight is 264 g/mol. The number of alkyl halides is 3. The lowest BCUT2D eigenvalue weighted by Gasteiger charge is -2.35. The summed E-state index contributed by atoms with van der Waals surface area (Å²) in [4.78, 5) is 0. The van der Waals surface area contributed by atoms with Crippen LogP contribution in [0.2, 0.25) is 0 Å². The highest BCUT2D eigenvalue weighted by Crippen LogP contribution is 2.44. The Morgan fingerprint density at radius 3 is 2.72 bits per heavy atom. The molecule has 7 heteroatoms. The highest BCUT2D eigenvalue weighted by molar-refractivity contribution is 5.12. The molecule has 1 aliphatic carbocycles. The van der Waals surface area contributed by atoms with Crippen LogP contribution in [0.3, 0.4) is 0 Å². The second kappa shape index (κ2) is 4.79. The molecule has 1 aliphatic rings. The van der Waals surface area contributed by atoms with E-state index in [1.807, 2.05) is 0 Å². The Hall–Kier alpha value is -1.24. The van der Waals surface area contributed by atoms with Crippen molar-refractivity contribution >= 4 is 0 Å². The molecule has 102 valence electrons. The first-order valence-electron chi connectivity index (χ1n) is 5.74. The normalized spacial score (nSPS) is 29.3. The van der Waals surface area contributed by atoms with Crippen LogP contribution in [0.4, 0.5) is 13.2 Å². The van der Waals surface area contributed by atoms with Crippen LogP contribution in [0, 0.1) is 5.92 Å². The third-order valence-corrected chi connectivity index (χ3v) is 3.36. The molecule has 1 aromatic rings. The van der Waals surface area contributed by atoms with Crippen LogP contribution in [0.15, 0.2) is 12.4 Å². The third kappa shape index (κ3) is 2.60. The average Bonchev–Trinajstić information content (AvgIpc) is 2.75. The van der Waals surface area contributed by atoms with E-state index in [0.29, 0.717) is 5.75 Å². The van der Waals surface area contributed by atoms with Gasteiger partial charge in [-0.15, -0.1) is 0 Å². The summed E-state index contributed by atoms with van der Waals surface area (Å²) >= 11 is 0. The molecule has 0 amide bonds. The van der Waals surface area contributed by atoms with E-state index in [9.17, 15) is 18.3 Å². The van der Waals surface area contributed by atoms with Crippen molar-refractivity contribution in [1.82, 2.24) is 9.78 Å². The number of aliphatic hydroxyl groups excluding tert-OH is 1. The standard InChI is InChI=1S/C11H15F3N2O2/c1-18-8-5-15-16(6-8)10-4-7(17)2-3-9(10)11(12,13)14/h5-7,9-10,17H,2-4H2,1H3. The Bertz CT molecular complexity index is 405. The van der Waals surface area contributed by atoms with Crippen LogP contribution in [-0.4, -0.2) is 34.3 Å². The number of aliphatic hydroxyl groups is 1. The maximum atomic E-state index is 12.9. The first kappa shape index (κ1) is 13.2. The molecular formula is C11H15F3N2O2. The maximum Gasteiger partial charge on any atom is 0.393 e. The Balaban J connectivity index is 2.25. The van der Waals surface area contributed by atoms with Gasteiger partial charge in [0.05, 0.1) is 37.6 Å². The molecule has 1 N–H and O–H groups in total. The molecule has 2 rings (SSSR count). The molecule has 0 aromatic carbocycles. The number of rotatable bonds is 2. The van der Waals surface area contributed by atoms with Gasteiger partial charge in [-0.2, -0.15) is 18.3 Å². The van der Waals surface area contributed by atoms with Gasteiger partial charge in [0.2, 0.25) is 0 Å². The molecule has 3 unspecified atom stereocenters. The molecule has 0 bridgehead atoms. The summed E-state index contributed by atoms with van der Waals surface area (Å²) in [6.45, 7) is 0. The molecule has 4 nitrogen and oxygen atoms in total. The van der Waals surface area contributed by atoms with Gasteiger partial charge in [-0.05, 0) is 19.3 Å². The van der Waals surface area contributed by atoms with Crippen molar-refractivity contribution in [2.24, 2.45) is 5.92 Å². The van der Waals surface area contributed by atoms with Crippen molar-refractivity contribution in [3.8, 4) is 5.75 Å². The van der Waals surface area contributed by atoms with Gasteiger partial charge < -0.3 is 9.84 Å². The number of ether oxygens (including phenoxy) is 1. The van der Waals surface area contributed by atoms with E-state index in [1.54, 1.807) is 0 Å². The number of halogens is 3. The van der Waals surface area contributed by atoms with Crippen LogP contribution in [0.25, 0.3) is 0 Å². The number of aromatic nitrogens is 2. The lowest BCUT2D eigenvalue weighted by Crippen LogP contribution is -2.38. The molecule has 0 radical (unpaired) electrons. The van der Waals surface area contributed by atoms with Crippen molar-refractivity contribution in [3.05, 3.63) is 12.4 Å². The quantitative estimate of drug-likeness (QED) is 0.890. The fraction of sp³-hybridized carbons (Fsp3) is 0.727. The summed E-state index contributed by atoms with van der Waals surface area (Å²) in [5.41, 5.74) is 0. The monoisotopic (exact) mass is 264 g/mol. The van der Waals surface area contributed by atoms with Crippen LogP contribution in [0.5, 0.6) is 5.75 Å². The minimum atomic E-state index is -4.27. The van der Waals surface area contributed by atoms with Gasteiger partial charge in [0.1, 0.15) is 0 Å². The van der Waals surface area contributed by atoms with E-state index in [-0.39, 0.29) is 19.3 Å². The molecule has 3 atom stereocenters. The van der Waals surface area contributed by atoms with E-state index in [2.05, 4.69) is 5.10 Å². The lowest BCUT2D eigenvalue weighted by atomic mass is 9.82. The fourth-order valence-corrected chi connectivity index (χ4v) is 2.41. The second-order valence-corrected chi connectivity index (χ2v) is 4.54. The second-order valence-electron chi connectivity index (χ2n) is 4.54. The highest BCUT2D eigenvalue weighted by Gasteiger charge is 2.48. The summed E-state index contributed by atoms with van der Waals surface area (Å²) in [7, 11) is 1.43. The molecule has 0 saturated heterocycles. The Morgan fingerprint density at radius 2 is 2.17 bits per heavy atom. The molecule has 18 heavy (non-hydrogen) atoms. The maximum absolute atomic E-state index is 12.9. The summed E-state index contributed by atoms with van der Waals surface area (Å²) < 4.78 is 45.0. The van der Waals surface area contributed by atoms with Gasteiger partial charge in [-0.3, -0.25) is 4.68 Å². The van der Waals surface area contributed by atoms with Gasteiger partial charge in [0.15, 0.2) is 5.75 Å². The van der Waals surface area contributed by atoms with Crippen molar-refractivity contribution < 1.29 is 23.0 Å². The largest absolute Gasteiger partial charge is 0.493 e. The predicted molar refractivity (Wildman–Crippen MR) is 57.2 cm³/mol. The van der Waals surface area contributed by atoms with Crippen LogP contribution in [0.1, 0.15) is 25.3 Å². The minimum Gasteiger partial charge on any atom is -0.493 e. The molecular weight excluding hydrogens is 249 g/mol. The van der Waals surface area contributed by atoms with Crippen LogP contribution in [-0.2, 0) is 0 Å². The zero-order chi connectivity index (χ0) is 13.3. The number of hydrogen-bond acceptors (Lipinski definition) is 3. The zero-order valence-electron chi connectivity index (χ0n) is 9.89. The van der Waals surface area contributed by atoms with Crippen molar-refractivity contribution in [2.45, 2.75) is 37.6 Å². The van der Waals surface area contributed by atoms with Crippen LogP contribution < -0.4 is 4.74 Å². The zero-order valence-corrected chi connectivity index (χ0v) is 9.89. The molecule has 1 heterocycles. The molecule has 1 fully saturated rings. The Morgan fingerprint density at radius 1 is 1.44 bits per heavy atom. The van der Waals surface area contributed by atoms with Crippen molar-refractivity contribution in [2.75, 3.05) is 7.11 Å². The summed E-state index contributed by atoms with van der Waals surface area (Å²) in [5.74, 6) is -1.05. The first-order valence-corrected chi connectivity index (χ1v) is 5.74. The molecule has 0 spiro atoms. The molecule has 1 saturated carbocycles. The third-order valence-electron chi connectivity index (χ3n) is 3.36. The van der Waals surface area contributed by atoms with Gasteiger partial charge in [0, 0.05) is 0 Å². The van der Waals surface area contributed by atoms with E-state index in [1.165, 1.54) is 24.2 Å². The smallest absolute Gasteiger partial charge is 0.393 e. The topological polar surface area (TPSA) is 47.3 Å². The van der Waals surface area contributed by atoms with Crippen LogP contribution >= 0.6 is 0 Å². The van der Waals surface area contributed by atoms with E-state index < -0.39 is 24.2 Å². The molecule has 0 aliphatic heterocycles. The Labute approximate surface area is 102 Å². The number of methoxy groups -OCH3 is 1. The molecule has 1 aromatic heterocycles. The Kier molecular flexibility index (Phi) is 3.52. The lowest BCUT2D eigenvalue weighted by molar-refractivity contribution is -0.199. The van der Waals surface area contributed by atoms with Gasteiger partial charge >= 0.3 is 6.18 Å². The van der Waals surface area contributed by atoms with E-state index >= 15 is 0 Å². The number of hydrogen-bond donors (Lipinski definition) is 1. The van der Waals surface area contributed by atoms with Gasteiger partial charge in [0.25, 0.3) is 0 Å². The minimum absolute atomic E-state index is 0.0645.